The Balaban J connectivity index is 1.88. The van der Waals surface area contributed by atoms with Gasteiger partial charge in [-0.2, -0.15) is 0 Å². The van der Waals surface area contributed by atoms with Crippen molar-refractivity contribution in [2.45, 2.75) is 0 Å². The second-order valence-electron chi connectivity index (χ2n) is 4.70. The van der Waals surface area contributed by atoms with Crippen LogP contribution < -0.4 is 10.6 Å². The molecule has 0 saturated carbocycles. The van der Waals surface area contributed by atoms with E-state index in [1.807, 2.05) is 12.1 Å². The van der Waals surface area contributed by atoms with Gasteiger partial charge in [0.25, 0.3) is 5.91 Å². The van der Waals surface area contributed by atoms with Crippen molar-refractivity contribution in [3.8, 4) is 10.4 Å². The SMILES string of the molecule is CNC(=O)CNC(=O)COC(=O)c1ccc(-c2ccc(Cl)cc2)s1. The zero-order chi connectivity index (χ0) is 17.5. The van der Waals surface area contributed by atoms with Crippen molar-refractivity contribution in [1.82, 2.24) is 10.6 Å². The van der Waals surface area contributed by atoms with Crippen LogP contribution in [0.3, 0.4) is 0 Å². The largest absolute Gasteiger partial charge is 0.451 e. The van der Waals surface area contributed by atoms with Crippen LogP contribution in [0.1, 0.15) is 9.67 Å². The van der Waals surface area contributed by atoms with E-state index < -0.39 is 18.5 Å². The number of thiophene rings is 1. The number of rotatable bonds is 6. The molecule has 8 heteroatoms. The minimum Gasteiger partial charge on any atom is -0.451 e. The molecule has 0 aliphatic carbocycles. The van der Waals surface area contributed by atoms with Crippen LogP contribution in [0.4, 0.5) is 0 Å². The first kappa shape index (κ1) is 18.0. The number of hydrogen-bond donors (Lipinski definition) is 2. The monoisotopic (exact) mass is 366 g/mol. The van der Waals surface area contributed by atoms with Crippen molar-refractivity contribution in [3.63, 3.8) is 0 Å². The maximum absolute atomic E-state index is 11.9. The zero-order valence-corrected chi connectivity index (χ0v) is 14.4. The summed E-state index contributed by atoms with van der Waals surface area (Å²) < 4.78 is 4.93. The molecule has 24 heavy (non-hydrogen) atoms. The molecule has 0 bridgehead atoms. The Hall–Kier alpha value is -2.38. The molecule has 0 aliphatic rings. The van der Waals surface area contributed by atoms with Crippen molar-refractivity contribution in [1.29, 1.82) is 0 Å². The van der Waals surface area contributed by atoms with Crippen LogP contribution in [0.25, 0.3) is 10.4 Å². The van der Waals surface area contributed by atoms with Crippen LogP contribution in [0.15, 0.2) is 36.4 Å². The van der Waals surface area contributed by atoms with Gasteiger partial charge in [0.1, 0.15) is 4.88 Å². The van der Waals surface area contributed by atoms with E-state index in [2.05, 4.69) is 10.6 Å². The minimum atomic E-state index is -0.588. The molecule has 2 amide bonds. The van der Waals surface area contributed by atoms with Crippen molar-refractivity contribution >= 4 is 40.7 Å². The molecule has 2 aromatic rings. The lowest BCUT2D eigenvalue weighted by molar-refractivity contribution is -0.127. The normalized spacial score (nSPS) is 10.1. The predicted molar refractivity (Wildman–Crippen MR) is 92.1 cm³/mol. The Morgan fingerprint density at radius 1 is 1.08 bits per heavy atom. The molecule has 0 saturated heterocycles. The lowest BCUT2D eigenvalue weighted by Gasteiger charge is -2.05. The summed E-state index contributed by atoms with van der Waals surface area (Å²) in [4.78, 5) is 35.7. The summed E-state index contributed by atoms with van der Waals surface area (Å²) in [7, 11) is 1.46. The molecule has 0 atom stereocenters. The molecular formula is C16H15ClN2O4S. The van der Waals surface area contributed by atoms with E-state index in [1.54, 1.807) is 24.3 Å². The van der Waals surface area contributed by atoms with Crippen molar-refractivity contribution < 1.29 is 19.1 Å². The first-order chi connectivity index (χ1) is 11.5. The van der Waals surface area contributed by atoms with Crippen LogP contribution >= 0.6 is 22.9 Å². The molecule has 0 fully saturated rings. The summed E-state index contributed by atoms with van der Waals surface area (Å²) in [6, 6.07) is 10.7. The van der Waals surface area contributed by atoms with Crippen LogP contribution in [0, 0.1) is 0 Å². The average Bonchev–Trinajstić information content (AvgIpc) is 3.08. The molecule has 0 radical (unpaired) electrons. The van der Waals surface area contributed by atoms with Crippen molar-refractivity contribution in [2.24, 2.45) is 0 Å². The van der Waals surface area contributed by atoms with E-state index in [1.165, 1.54) is 18.4 Å². The van der Waals surface area contributed by atoms with Crippen LogP contribution in [0.2, 0.25) is 5.02 Å². The maximum Gasteiger partial charge on any atom is 0.348 e. The highest BCUT2D eigenvalue weighted by Crippen LogP contribution is 2.29. The molecule has 0 unspecified atom stereocenters. The van der Waals surface area contributed by atoms with E-state index >= 15 is 0 Å². The number of benzene rings is 1. The van der Waals surface area contributed by atoms with E-state index in [9.17, 15) is 14.4 Å². The number of esters is 1. The molecule has 1 heterocycles. The number of hydrogen-bond acceptors (Lipinski definition) is 5. The van der Waals surface area contributed by atoms with Gasteiger partial charge in [0, 0.05) is 16.9 Å². The molecule has 2 N–H and O–H groups in total. The van der Waals surface area contributed by atoms with Gasteiger partial charge in [-0.15, -0.1) is 11.3 Å². The number of carbonyl (C=O) groups excluding carboxylic acids is 3. The Labute approximate surface area is 147 Å². The highest BCUT2D eigenvalue weighted by molar-refractivity contribution is 7.17. The highest BCUT2D eigenvalue weighted by atomic mass is 35.5. The standard InChI is InChI=1S/C16H15ClN2O4S/c1-18-14(20)8-19-15(21)9-23-16(22)13-7-6-12(24-13)10-2-4-11(17)5-3-10/h2-7H,8-9H2,1H3,(H,18,20)(H,19,21). The Morgan fingerprint density at radius 2 is 1.79 bits per heavy atom. The van der Waals surface area contributed by atoms with E-state index in [0.717, 1.165) is 10.4 Å². The van der Waals surface area contributed by atoms with Gasteiger partial charge in [0.05, 0.1) is 6.54 Å². The summed E-state index contributed by atoms with van der Waals surface area (Å²) in [5, 5.41) is 5.34. The van der Waals surface area contributed by atoms with Gasteiger partial charge in [-0.05, 0) is 29.8 Å². The number of carbonyl (C=O) groups is 3. The fourth-order valence-electron chi connectivity index (χ4n) is 1.74. The lowest BCUT2D eigenvalue weighted by Crippen LogP contribution is -2.37. The third-order valence-corrected chi connectivity index (χ3v) is 4.36. The molecule has 2 rings (SSSR count). The fraction of sp³-hybridized carbons (Fsp3) is 0.188. The summed E-state index contributed by atoms with van der Waals surface area (Å²) >= 11 is 7.11. The van der Waals surface area contributed by atoms with Gasteiger partial charge in [-0.3, -0.25) is 9.59 Å². The first-order valence-corrected chi connectivity index (χ1v) is 8.19. The van der Waals surface area contributed by atoms with Gasteiger partial charge in [-0.1, -0.05) is 23.7 Å². The zero-order valence-electron chi connectivity index (χ0n) is 12.8. The second kappa shape index (κ2) is 8.47. The quantitative estimate of drug-likeness (QED) is 0.767. The van der Waals surface area contributed by atoms with E-state index in [4.69, 9.17) is 16.3 Å². The second-order valence-corrected chi connectivity index (χ2v) is 6.22. The topological polar surface area (TPSA) is 84.5 Å². The molecule has 126 valence electrons. The van der Waals surface area contributed by atoms with Gasteiger partial charge in [-0.25, -0.2) is 4.79 Å². The number of nitrogens with one attached hydrogen (secondary N) is 2. The molecule has 0 spiro atoms. The van der Waals surface area contributed by atoms with Gasteiger partial charge < -0.3 is 15.4 Å². The summed E-state index contributed by atoms with van der Waals surface area (Å²) in [5.41, 5.74) is 0.937. The third-order valence-electron chi connectivity index (χ3n) is 3.00. The van der Waals surface area contributed by atoms with E-state index in [0.29, 0.717) is 9.90 Å². The lowest BCUT2D eigenvalue weighted by atomic mass is 10.2. The number of amides is 2. The summed E-state index contributed by atoms with van der Waals surface area (Å²) in [6.45, 7) is -0.601. The minimum absolute atomic E-state index is 0.160. The summed E-state index contributed by atoms with van der Waals surface area (Å²) in [5.74, 6) is -1.46. The third kappa shape index (κ3) is 5.07. The van der Waals surface area contributed by atoms with Gasteiger partial charge in [0.2, 0.25) is 5.91 Å². The Morgan fingerprint density at radius 3 is 2.46 bits per heavy atom. The Kier molecular flexibility index (Phi) is 6.34. The first-order valence-electron chi connectivity index (χ1n) is 7.00. The smallest absolute Gasteiger partial charge is 0.348 e. The van der Waals surface area contributed by atoms with Gasteiger partial charge >= 0.3 is 5.97 Å². The maximum atomic E-state index is 11.9. The number of halogens is 1. The van der Waals surface area contributed by atoms with Crippen LogP contribution in [0.5, 0.6) is 0 Å². The molecule has 1 aromatic heterocycles. The van der Waals surface area contributed by atoms with Crippen LogP contribution in [-0.2, 0) is 14.3 Å². The van der Waals surface area contributed by atoms with Crippen LogP contribution in [-0.4, -0.2) is 38.0 Å². The van der Waals surface area contributed by atoms with Crippen molar-refractivity contribution in [3.05, 3.63) is 46.3 Å². The van der Waals surface area contributed by atoms with E-state index in [-0.39, 0.29) is 12.5 Å². The van der Waals surface area contributed by atoms with Crippen molar-refractivity contribution in [2.75, 3.05) is 20.2 Å². The highest BCUT2D eigenvalue weighted by Gasteiger charge is 2.14. The molecular weight excluding hydrogens is 352 g/mol. The summed E-state index contributed by atoms with van der Waals surface area (Å²) in [6.07, 6.45) is 0. The number of likely N-dealkylation sites (N-methyl/N-ethyl adjacent to an activating group) is 1. The average molecular weight is 367 g/mol. The Bertz CT molecular complexity index is 743. The number of ether oxygens (including phenoxy) is 1. The fourth-order valence-corrected chi connectivity index (χ4v) is 2.77. The molecule has 0 aliphatic heterocycles. The molecule has 6 nitrogen and oxygen atoms in total. The predicted octanol–water partition coefficient (Wildman–Crippen LogP) is 2.09. The molecule has 1 aromatic carbocycles. The van der Waals surface area contributed by atoms with Gasteiger partial charge in [0.15, 0.2) is 6.61 Å².